The number of rotatable bonds is 5. The number of ether oxygens (including phenoxy) is 2. The highest BCUT2D eigenvalue weighted by Gasteiger charge is 2.47. The molecule has 0 aromatic heterocycles. The average molecular weight is 391 g/mol. The summed E-state index contributed by atoms with van der Waals surface area (Å²) in [5.74, 6) is 2.10. The molecule has 0 radical (unpaired) electrons. The van der Waals surface area contributed by atoms with Gasteiger partial charge in [0, 0.05) is 18.2 Å². The van der Waals surface area contributed by atoms with E-state index in [0.29, 0.717) is 6.04 Å². The van der Waals surface area contributed by atoms with Gasteiger partial charge in [0.2, 0.25) is 0 Å². The third-order valence-electron chi connectivity index (χ3n) is 6.43. The zero-order valence-corrected chi connectivity index (χ0v) is 16.4. The van der Waals surface area contributed by atoms with E-state index in [2.05, 4.69) is 11.4 Å². The molecule has 0 amide bonds. The van der Waals surface area contributed by atoms with Crippen molar-refractivity contribution in [2.45, 2.75) is 44.7 Å². The van der Waals surface area contributed by atoms with Crippen LogP contribution in [-0.4, -0.2) is 42.4 Å². The molecule has 4 aliphatic carbocycles. The van der Waals surface area contributed by atoms with E-state index in [4.69, 9.17) is 29.3 Å². The van der Waals surface area contributed by atoms with Crippen LogP contribution < -0.4 is 14.8 Å². The first-order valence-corrected chi connectivity index (χ1v) is 9.81. The first-order valence-electron chi connectivity index (χ1n) is 9.81. The van der Waals surface area contributed by atoms with Gasteiger partial charge in [-0.25, -0.2) is 9.59 Å². The van der Waals surface area contributed by atoms with Crippen LogP contribution in [0.2, 0.25) is 0 Å². The minimum absolute atomic E-state index is 0.712. The van der Waals surface area contributed by atoms with E-state index in [0.717, 1.165) is 41.7 Å². The molecule has 7 nitrogen and oxygen atoms in total. The Balaban J connectivity index is 0.000000330. The van der Waals surface area contributed by atoms with Gasteiger partial charge in [0.05, 0.1) is 14.2 Å². The Bertz CT molecular complexity index is 679. The summed E-state index contributed by atoms with van der Waals surface area (Å²) in [4.78, 5) is 18.2. The van der Waals surface area contributed by atoms with E-state index in [1.54, 1.807) is 14.2 Å². The van der Waals surface area contributed by atoms with Crippen LogP contribution in [0.1, 0.15) is 37.7 Å². The van der Waals surface area contributed by atoms with Gasteiger partial charge in [-0.05, 0) is 74.0 Å². The third-order valence-corrected chi connectivity index (χ3v) is 6.43. The molecule has 154 valence electrons. The molecule has 3 N–H and O–H groups in total. The number of carboxylic acids is 2. The standard InChI is InChI=1S/C19H27NO2.C2H2O4/c1-21-17-3-4-18(22-2)16(10-17)11-20-19-14-6-12-5-13(8-14)9-15(19)7-12;3-1(4)2(5)6/h3-4,10,12-15,19-20H,5-9,11H2,1-2H3;(H,3,4)(H,5,6). The van der Waals surface area contributed by atoms with E-state index in [1.165, 1.54) is 37.7 Å². The second kappa shape index (κ2) is 8.82. The van der Waals surface area contributed by atoms with Crippen molar-refractivity contribution in [2.75, 3.05) is 14.2 Å². The minimum Gasteiger partial charge on any atom is -0.497 e. The number of hydrogen-bond donors (Lipinski definition) is 3. The Morgan fingerprint density at radius 3 is 2.00 bits per heavy atom. The summed E-state index contributed by atoms with van der Waals surface area (Å²) in [6.07, 6.45) is 7.35. The molecule has 5 rings (SSSR count). The zero-order valence-electron chi connectivity index (χ0n) is 16.4. The van der Waals surface area contributed by atoms with Crippen LogP contribution >= 0.6 is 0 Å². The molecule has 0 spiro atoms. The molecule has 4 aliphatic rings. The van der Waals surface area contributed by atoms with Crippen molar-refractivity contribution in [1.29, 1.82) is 0 Å². The van der Waals surface area contributed by atoms with E-state index in [1.807, 2.05) is 12.1 Å². The molecule has 28 heavy (non-hydrogen) atoms. The van der Waals surface area contributed by atoms with Crippen LogP contribution in [0.3, 0.4) is 0 Å². The van der Waals surface area contributed by atoms with Crippen molar-refractivity contribution in [3.63, 3.8) is 0 Å². The topological polar surface area (TPSA) is 105 Å². The van der Waals surface area contributed by atoms with Gasteiger partial charge >= 0.3 is 11.9 Å². The van der Waals surface area contributed by atoms with Crippen LogP contribution in [0.15, 0.2) is 18.2 Å². The Kier molecular flexibility index (Phi) is 6.44. The van der Waals surface area contributed by atoms with Gasteiger partial charge < -0.3 is 25.0 Å². The first-order chi connectivity index (χ1) is 13.4. The monoisotopic (exact) mass is 391 g/mol. The van der Waals surface area contributed by atoms with E-state index >= 15 is 0 Å². The number of benzene rings is 1. The zero-order chi connectivity index (χ0) is 20.3. The second-order valence-electron chi connectivity index (χ2n) is 8.13. The van der Waals surface area contributed by atoms with Crippen molar-refractivity contribution >= 4 is 11.9 Å². The largest absolute Gasteiger partial charge is 0.497 e. The number of carbonyl (C=O) groups is 2. The Labute approximate surface area is 165 Å². The van der Waals surface area contributed by atoms with Crippen molar-refractivity contribution in [2.24, 2.45) is 23.7 Å². The highest BCUT2D eigenvalue weighted by molar-refractivity contribution is 6.27. The quantitative estimate of drug-likeness (QED) is 0.663. The molecule has 7 heteroatoms. The number of nitrogens with one attached hydrogen (secondary N) is 1. The van der Waals surface area contributed by atoms with Gasteiger partial charge in [0.25, 0.3) is 0 Å². The molecule has 1 aromatic rings. The average Bonchev–Trinajstić information content (AvgIpc) is 2.67. The van der Waals surface area contributed by atoms with E-state index in [-0.39, 0.29) is 0 Å². The molecular formula is C21H29NO6. The van der Waals surface area contributed by atoms with Crippen molar-refractivity contribution in [3.8, 4) is 11.5 Å². The molecule has 0 atom stereocenters. The fourth-order valence-corrected chi connectivity index (χ4v) is 5.51. The lowest BCUT2D eigenvalue weighted by molar-refractivity contribution is -0.159. The maximum absolute atomic E-state index is 9.10. The molecule has 4 bridgehead atoms. The minimum atomic E-state index is -1.82. The van der Waals surface area contributed by atoms with Gasteiger partial charge in [-0.1, -0.05) is 0 Å². The number of methoxy groups -OCH3 is 2. The Hall–Kier alpha value is -2.28. The van der Waals surface area contributed by atoms with Crippen LogP contribution in [0, 0.1) is 23.7 Å². The van der Waals surface area contributed by atoms with Gasteiger partial charge in [-0.2, -0.15) is 0 Å². The summed E-state index contributed by atoms with van der Waals surface area (Å²) >= 11 is 0. The number of hydrogen-bond acceptors (Lipinski definition) is 5. The van der Waals surface area contributed by atoms with Gasteiger partial charge in [0.1, 0.15) is 11.5 Å². The Morgan fingerprint density at radius 1 is 0.964 bits per heavy atom. The van der Waals surface area contributed by atoms with E-state index in [9.17, 15) is 0 Å². The molecule has 0 unspecified atom stereocenters. The van der Waals surface area contributed by atoms with Gasteiger partial charge in [-0.15, -0.1) is 0 Å². The van der Waals surface area contributed by atoms with Crippen LogP contribution in [0.25, 0.3) is 0 Å². The SMILES string of the molecule is COc1ccc(OC)c(CNC2C3CC4CC(C3)CC2C4)c1.O=C(O)C(=O)O. The van der Waals surface area contributed by atoms with Crippen molar-refractivity contribution in [1.82, 2.24) is 5.32 Å². The Morgan fingerprint density at radius 2 is 1.54 bits per heavy atom. The lowest BCUT2D eigenvalue weighted by Crippen LogP contribution is -2.54. The second-order valence-corrected chi connectivity index (χ2v) is 8.13. The smallest absolute Gasteiger partial charge is 0.414 e. The molecule has 0 saturated heterocycles. The van der Waals surface area contributed by atoms with Crippen LogP contribution in [0.4, 0.5) is 0 Å². The summed E-state index contributed by atoms with van der Waals surface area (Å²) in [5, 5.41) is 18.7. The van der Waals surface area contributed by atoms with Crippen molar-refractivity contribution in [3.05, 3.63) is 23.8 Å². The summed E-state index contributed by atoms with van der Waals surface area (Å²) in [6.45, 7) is 0.882. The molecule has 0 heterocycles. The molecule has 4 fully saturated rings. The van der Waals surface area contributed by atoms with Gasteiger partial charge in [-0.3, -0.25) is 0 Å². The molecule has 1 aromatic carbocycles. The van der Waals surface area contributed by atoms with Crippen LogP contribution in [0.5, 0.6) is 11.5 Å². The van der Waals surface area contributed by atoms with E-state index < -0.39 is 11.9 Å². The first kappa shape index (κ1) is 20.5. The predicted molar refractivity (Wildman–Crippen MR) is 102 cm³/mol. The normalized spacial score (nSPS) is 29.6. The van der Waals surface area contributed by atoms with Gasteiger partial charge in [0.15, 0.2) is 0 Å². The summed E-state index contributed by atoms with van der Waals surface area (Å²) in [5.41, 5.74) is 1.20. The predicted octanol–water partition coefficient (Wildman–Crippen LogP) is 2.77. The highest BCUT2D eigenvalue weighted by Crippen LogP contribution is 2.53. The lowest BCUT2D eigenvalue weighted by Gasteiger charge is -2.54. The molecular weight excluding hydrogens is 362 g/mol. The molecule has 4 saturated carbocycles. The van der Waals surface area contributed by atoms with Crippen molar-refractivity contribution < 1.29 is 29.3 Å². The summed E-state index contributed by atoms with van der Waals surface area (Å²) in [7, 11) is 3.46. The number of aliphatic carboxylic acids is 2. The fraction of sp³-hybridized carbons (Fsp3) is 0.619. The highest BCUT2D eigenvalue weighted by atomic mass is 16.5. The lowest BCUT2D eigenvalue weighted by atomic mass is 9.54. The summed E-state index contributed by atoms with van der Waals surface area (Å²) in [6, 6.07) is 6.78. The maximum Gasteiger partial charge on any atom is 0.414 e. The maximum atomic E-state index is 9.10. The third kappa shape index (κ3) is 4.58. The summed E-state index contributed by atoms with van der Waals surface area (Å²) < 4.78 is 10.9. The fourth-order valence-electron chi connectivity index (χ4n) is 5.51. The molecule has 0 aliphatic heterocycles. The number of carboxylic acid groups (broad SMARTS) is 2. The van der Waals surface area contributed by atoms with Crippen LogP contribution in [-0.2, 0) is 16.1 Å².